The van der Waals surface area contributed by atoms with Crippen LogP contribution in [0.4, 0.5) is 0 Å². The third kappa shape index (κ3) is 5.00. The van der Waals surface area contributed by atoms with Gasteiger partial charge in [0.15, 0.2) is 5.65 Å². The first-order chi connectivity index (χ1) is 17.0. The number of nitrogens with zero attached hydrogens (tertiary/aromatic N) is 4. The van der Waals surface area contributed by atoms with Crippen molar-refractivity contribution < 1.29 is 9.53 Å². The standard InChI is InChI=1S/C28H33N5O2/c1-19-24(20(2)33-28(29-19)25-9-4-5-10-26(25)31-33)11-12-27(34)30-22-13-15-32(16-14-22)18-21-7-6-8-23(17-21)35-3/h4-10,17,22H,11-16,18H2,1-3H3,(H,30,34). The SMILES string of the molecule is COc1cccc(CN2CCC(NC(=O)CCc3c(C)nc4c5ccccc5nn4c3C)CC2)c1. The summed E-state index contributed by atoms with van der Waals surface area (Å²) in [7, 11) is 1.70. The Bertz CT molecular complexity index is 1350. The molecule has 0 spiro atoms. The number of rotatable bonds is 7. The van der Waals surface area contributed by atoms with Crippen LogP contribution in [0.5, 0.6) is 5.75 Å². The second-order valence-corrected chi connectivity index (χ2v) is 9.48. The summed E-state index contributed by atoms with van der Waals surface area (Å²) in [4.78, 5) is 20.0. The molecule has 0 bridgehead atoms. The molecule has 5 rings (SSSR count). The van der Waals surface area contributed by atoms with E-state index in [1.54, 1.807) is 7.11 Å². The van der Waals surface area contributed by atoms with Crippen molar-refractivity contribution in [1.82, 2.24) is 24.8 Å². The van der Waals surface area contributed by atoms with E-state index in [4.69, 9.17) is 14.8 Å². The Morgan fingerprint density at radius 1 is 1.11 bits per heavy atom. The van der Waals surface area contributed by atoms with E-state index < -0.39 is 0 Å². The van der Waals surface area contributed by atoms with Crippen LogP contribution in [0.2, 0.25) is 0 Å². The molecule has 1 N–H and O–H groups in total. The van der Waals surface area contributed by atoms with Gasteiger partial charge in [0, 0.05) is 48.9 Å². The Kier molecular flexibility index (Phi) is 6.68. The molecule has 0 radical (unpaired) electrons. The summed E-state index contributed by atoms with van der Waals surface area (Å²) in [5.41, 5.74) is 6.21. The molecule has 1 aliphatic rings. The molecule has 2 aromatic carbocycles. The number of aromatic nitrogens is 3. The van der Waals surface area contributed by atoms with Crippen LogP contribution in [-0.4, -0.2) is 51.6 Å². The highest BCUT2D eigenvalue weighted by Gasteiger charge is 2.21. The number of amides is 1. The first-order valence-corrected chi connectivity index (χ1v) is 12.4. The highest BCUT2D eigenvalue weighted by Crippen LogP contribution is 2.23. The van der Waals surface area contributed by atoms with Crippen LogP contribution >= 0.6 is 0 Å². The molecule has 35 heavy (non-hydrogen) atoms. The monoisotopic (exact) mass is 471 g/mol. The van der Waals surface area contributed by atoms with E-state index in [-0.39, 0.29) is 11.9 Å². The van der Waals surface area contributed by atoms with Crippen LogP contribution in [0.1, 0.15) is 41.8 Å². The number of aryl methyl sites for hydroxylation is 2. The zero-order valence-corrected chi connectivity index (χ0v) is 20.8. The average Bonchev–Trinajstić information content (AvgIpc) is 3.24. The van der Waals surface area contributed by atoms with Crippen molar-refractivity contribution in [3.05, 3.63) is 71.0 Å². The molecule has 3 heterocycles. The molecule has 2 aromatic heterocycles. The van der Waals surface area contributed by atoms with Gasteiger partial charge in [0.25, 0.3) is 0 Å². The number of carbonyl (C=O) groups excluding carboxylic acids is 1. The lowest BCUT2D eigenvalue weighted by atomic mass is 10.0. The molecule has 0 aliphatic carbocycles. The molecule has 7 heteroatoms. The van der Waals surface area contributed by atoms with Gasteiger partial charge in [-0.1, -0.05) is 24.3 Å². The molecule has 7 nitrogen and oxygen atoms in total. The smallest absolute Gasteiger partial charge is 0.220 e. The number of hydrogen-bond acceptors (Lipinski definition) is 5. The summed E-state index contributed by atoms with van der Waals surface area (Å²) >= 11 is 0. The molecule has 4 aromatic rings. The lowest BCUT2D eigenvalue weighted by Gasteiger charge is -2.32. The fourth-order valence-electron chi connectivity index (χ4n) is 5.14. The zero-order valence-electron chi connectivity index (χ0n) is 20.8. The number of nitrogens with one attached hydrogen (secondary N) is 1. The van der Waals surface area contributed by atoms with E-state index >= 15 is 0 Å². The highest BCUT2D eigenvalue weighted by molar-refractivity contribution is 5.92. The van der Waals surface area contributed by atoms with E-state index in [1.165, 1.54) is 5.56 Å². The number of ether oxygens (including phenoxy) is 1. The van der Waals surface area contributed by atoms with Crippen molar-refractivity contribution in [2.24, 2.45) is 0 Å². The largest absolute Gasteiger partial charge is 0.497 e. The average molecular weight is 472 g/mol. The van der Waals surface area contributed by atoms with Gasteiger partial charge < -0.3 is 10.1 Å². The van der Waals surface area contributed by atoms with Gasteiger partial charge in [-0.25, -0.2) is 9.50 Å². The number of benzene rings is 2. The van der Waals surface area contributed by atoms with Gasteiger partial charge in [0.1, 0.15) is 5.75 Å². The number of carbonyl (C=O) groups is 1. The fourth-order valence-corrected chi connectivity index (χ4v) is 5.14. The fraction of sp³-hybridized carbons (Fsp3) is 0.393. The molecule has 0 atom stereocenters. The second-order valence-electron chi connectivity index (χ2n) is 9.48. The summed E-state index contributed by atoms with van der Waals surface area (Å²) in [5, 5.41) is 9.04. The van der Waals surface area contributed by atoms with E-state index in [0.29, 0.717) is 12.8 Å². The van der Waals surface area contributed by atoms with E-state index in [0.717, 1.165) is 71.7 Å². The number of hydrogen-bond donors (Lipinski definition) is 1. The third-order valence-electron chi connectivity index (χ3n) is 7.11. The Morgan fingerprint density at radius 3 is 2.71 bits per heavy atom. The van der Waals surface area contributed by atoms with Crippen molar-refractivity contribution in [3.8, 4) is 5.75 Å². The Balaban J connectivity index is 1.15. The maximum atomic E-state index is 12.8. The molecular weight excluding hydrogens is 438 g/mol. The Hall–Kier alpha value is -3.45. The maximum absolute atomic E-state index is 12.8. The topological polar surface area (TPSA) is 71.8 Å². The van der Waals surface area contributed by atoms with Crippen molar-refractivity contribution in [2.45, 2.75) is 52.1 Å². The van der Waals surface area contributed by atoms with E-state index in [1.807, 2.05) is 41.8 Å². The lowest BCUT2D eigenvalue weighted by molar-refractivity contribution is -0.122. The van der Waals surface area contributed by atoms with Gasteiger partial charge in [-0.15, -0.1) is 0 Å². The van der Waals surface area contributed by atoms with Gasteiger partial charge in [-0.05, 0) is 68.5 Å². The summed E-state index contributed by atoms with van der Waals surface area (Å²) < 4.78 is 7.25. The van der Waals surface area contributed by atoms with E-state index in [9.17, 15) is 4.79 Å². The minimum atomic E-state index is 0.112. The normalized spacial score (nSPS) is 15.1. The molecule has 1 saturated heterocycles. The Labute approximate surface area is 206 Å². The summed E-state index contributed by atoms with van der Waals surface area (Å²) in [6, 6.07) is 16.5. The predicted molar refractivity (Wildman–Crippen MR) is 138 cm³/mol. The number of likely N-dealkylation sites (tertiary alicyclic amines) is 1. The number of fused-ring (bicyclic) bond motifs is 3. The van der Waals surface area contributed by atoms with Crippen LogP contribution in [0.15, 0.2) is 48.5 Å². The van der Waals surface area contributed by atoms with Crippen LogP contribution < -0.4 is 10.1 Å². The molecule has 0 unspecified atom stereocenters. The van der Waals surface area contributed by atoms with Crippen LogP contribution in [0.3, 0.4) is 0 Å². The maximum Gasteiger partial charge on any atom is 0.220 e. The van der Waals surface area contributed by atoms with Crippen LogP contribution in [0.25, 0.3) is 16.6 Å². The van der Waals surface area contributed by atoms with Crippen molar-refractivity contribution in [1.29, 1.82) is 0 Å². The number of piperidine rings is 1. The summed E-state index contributed by atoms with van der Waals surface area (Å²) in [6.07, 6.45) is 3.07. The van der Waals surface area contributed by atoms with Gasteiger partial charge >= 0.3 is 0 Å². The second kappa shape index (κ2) is 10.0. The molecule has 1 aliphatic heterocycles. The Morgan fingerprint density at radius 2 is 1.91 bits per heavy atom. The first kappa shape index (κ1) is 23.3. The predicted octanol–water partition coefficient (Wildman–Crippen LogP) is 4.22. The third-order valence-corrected chi connectivity index (χ3v) is 7.11. The van der Waals surface area contributed by atoms with Gasteiger partial charge in [-0.2, -0.15) is 5.10 Å². The lowest BCUT2D eigenvalue weighted by Crippen LogP contribution is -2.44. The molecular formula is C28H33N5O2. The molecule has 1 amide bonds. The van der Waals surface area contributed by atoms with E-state index in [2.05, 4.69) is 35.3 Å². The van der Waals surface area contributed by atoms with Gasteiger partial charge in [0.2, 0.25) is 5.91 Å². The van der Waals surface area contributed by atoms with Gasteiger partial charge in [0.05, 0.1) is 12.6 Å². The van der Waals surface area contributed by atoms with Crippen molar-refractivity contribution in [2.75, 3.05) is 20.2 Å². The van der Waals surface area contributed by atoms with Gasteiger partial charge in [-0.3, -0.25) is 9.69 Å². The van der Waals surface area contributed by atoms with Crippen LogP contribution in [-0.2, 0) is 17.8 Å². The summed E-state index contributed by atoms with van der Waals surface area (Å²) in [5.74, 6) is 1.01. The minimum Gasteiger partial charge on any atom is -0.497 e. The van der Waals surface area contributed by atoms with Crippen LogP contribution in [0, 0.1) is 13.8 Å². The minimum absolute atomic E-state index is 0.112. The molecule has 1 fully saturated rings. The quantitative estimate of drug-likeness (QED) is 0.437. The van der Waals surface area contributed by atoms with Crippen molar-refractivity contribution in [3.63, 3.8) is 0 Å². The zero-order chi connectivity index (χ0) is 24.4. The molecule has 0 saturated carbocycles. The first-order valence-electron chi connectivity index (χ1n) is 12.4. The summed E-state index contributed by atoms with van der Waals surface area (Å²) in [6.45, 7) is 6.97. The van der Waals surface area contributed by atoms with Crippen molar-refractivity contribution >= 4 is 22.5 Å². The molecule has 182 valence electrons. The number of methoxy groups -OCH3 is 1. The highest BCUT2D eigenvalue weighted by atomic mass is 16.5.